The average Bonchev–Trinajstić information content (AvgIpc) is 3.04. The molecule has 0 aliphatic heterocycles. The second kappa shape index (κ2) is 11.9. The van der Waals surface area contributed by atoms with E-state index < -0.39 is 30.5 Å². The summed E-state index contributed by atoms with van der Waals surface area (Å²) in [6, 6.07) is 43.8. The van der Waals surface area contributed by atoms with Gasteiger partial charge in [0.2, 0.25) is 0 Å². The van der Waals surface area contributed by atoms with E-state index in [9.17, 15) is 16.8 Å². The minimum absolute atomic E-state index is 0.0226. The predicted octanol–water partition coefficient (Wildman–Crippen LogP) is 8.52. The summed E-state index contributed by atoms with van der Waals surface area (Å²) in [7, 11) is -11.1. The van der Waals surface area contributed by atoms with E-state index in [0.29, 0.717) is 10.8 Å². The van der Waals surface area contributed by atoms with Crippen LogP contribution in [0.2, 0.25) is 0 Å². The van der Waals surface area contributed by atoms with Crippen molar-refractivity contribution in [2.75, 3.05) is 0 Å². The average molecular weight is 641 g/mol. The van der Waals surface area contributed by atoms with Gasteiger partial charge in [0.05, 0.1) is 4.90 Å². The SMILES string of the molecule is Cc1ccc(S(=O)(=O)Oc2ccc3cc(S(=O)(=O)OS(c4ccccc4)(c4ccccc4)c4ccccc4)ccc3c2)cc1. The molecule has 6 aromatic carbocycles. The molecule has 0 N–H and O–H groups in total. The number of benzene rings is 6. The van der Waals surface area contributed by atoms with Crippen molar-refractivity contribution in [3.05, 3.63) is 157 Å². The minimum Gasteiger partial charge on any atom is -0.379 e. The Kier molecular flexibility index (Phi) is 8.04. The van der Waals surface area contributed by atoms with Crippen LogP contribution in [0.3, 0.4) is 0 Å². The fourth-order valence-electron chi connectivity index (χ4n) is 4.83. The Morgan fingerprint density at radius 1 is 0.432 bits per heavy atom. The first-order chi connectivity index (χ1) is 21.2. The lowest BCUT2D eigenvalue weighted by molar-refractivity contribution is 0.486. The monoisotopic (exact) mass is 640 g/mol. The van der Waals surface area contributed by atoms with E-state index in [0.717, 1.165) is 20.2 Å². The van der Waals surface area contributed by atoms with E-state index in [-0.39, 0.29) is 15.5 Å². The maximum atomic E-state index is 14.1. The zero-order chi connectivity index (χ0) is 30.8. The highest BCUT2D eigenvalue weighted by atomic mass is 32.3. The molecular weight excluding hydrogens is 613 g/mol. The summed E-state index contributed by atoms with van der Waals surface area (Å²) in [6.07, 6.45) is 0. The highest BCUT2D eigenvalue weighted by Crippen LogP contribution is 2.70. The fourth-order valence-corrected chi connectivity index (χ4v) is 11.0. The molecule has 9 heteroatoms. The van der Waals surface area contributed by atoms with E-state index in [1.54, 1.807) is 30.3 Å². The van der Waals surface area contributed by atoms with Crippen molar-refractivity contribution in [1.29, 1.82) is 0 Å². The lowest BCUT2D eigenvalue weighted by atomic mass is 10.1. The Balaban J connectivity index is 1.39. The predicted molar refractivity (Wildman–Crippen MR) is 173 cm³/mol. The van der Waals surface area contributed by atoms with Crippen molar-refractivity contribution in [3.63, 3.8) is 0 Å². The van der Waals surface area contributed by atoms with E-state index >= 15 is 0 Å². The van der Waals surface area contributed by atoms with Crippen molar-refractivity contribution in [2.24, 2.45) is 0 Å². The molecule has 0 heterocycles. The van der Waals surface area contributed by atoms with Gasteiger partial charge in [-0.05, 0) is 101 Å². The molecule has 0 bridgehead atoms. The summed E-state index contributed by atoms with van der Waals surface area (Å²) in [6.45, 7) is 1.87. The van der Waals surface area contributed by atoms with E-state index in [1.807, 2.05) is 97.9 Å². The van der Waals surface area contributed by atoms with Gasteiger partial charge in [-0.25, -0.2) is 3.63 Å². The molecule has 0 radical (unpaired) electrons. The Hall–Kier alpha value is -4.41. The van der Waals surface area contributed by atoms with Crippen molar-refractivity contribution in [1.82, 2.24) is 0 Å². The van der Waals surface area contributed by atoms with Crippen molar-refractivity contribution < 1.29 is 24.6 Å². The largest absolute Gasteiger partial charge is 0.379 e. The summed E-state index contributed by atoms with van der Waals surface area (Å²) in [5.41, 5.74) is 0.930. The maximum Gasteiger partial charge on any atom is 0.339 e. The molecule has 0 amide bonds. The highest BCUT2D eigenvalue weighted by Gasteiger charge is 2.38. The fraction of sp³-hybridized carbons (Fsp3) is 0.0286. The molecule has 0 spiro atoms. The van der Waals surface area contributed by atoms with Crippen LogP contribution < -0.4 is 4.18 Å². The first kappa shape index (κ1) is 29.7. The zero-order valence-electron chi connectivity index (χ0n) is 23.6. The number of hydrogen-bond donors (Lipinski definition) is 0. The van der Waals surface area contributed by atoms with Gasteiger partial charge in [0, 0.05) is 14.7 Å². The number of rotatable bonds is 9. The molecule has 44 heavy (non-hydrogen) atoms. The Labute approximate surface area is 259 Å². The van der Waals surface area contributed by atoms with Gasteiger partial charge in [-0.15, -0.1) is 0 Å². The van der Waals surface area contributed by atoms with Gasteiger partial charge in [0.15, 0.2) is 0 Å². The van der Waals surface area contributed by atoms with Crippen LogP contribution in [0.4, 0.5) is 0 Å². The van der Waals surface area contributed by atoms with Crippen LogP contribution in [-0.2, 0) is 23.9 Å². The normalized spacial score (nSPS) is 12.6. The molecule has 0 aromatic heterocycles. The summed E-state index contributed by atoms with van der Waals surface area (Å²) < 4.78 is 65.7. The number of fused-ring (bicyclic) bond motifs is 1. The smallest absolute Gasteiger partial charge is 0.339 e. The third-order valence-corrected chi connectivity index (χ3v) is 13.4. The maximum absolute atomic E-state index is 14.1. The van der Waals surface area contributed by atoms with Gasteiger partial charge in [0.25, 0.3) is 0 Å². The molecule has 0 aliphatic carbocycles. The summed E-state index contributed by atoms with van der Waals surface area (Å²) in [5, 5.41) is 1.18. The zero-order valence-corrected chi connectivity index (χ0v) is 26.1. The molecule has 6 rings (SSSR count). The Morgan fingerprint density at radius 2 is 0.886 bits per heavy atom. The second-order valence-corrected chi connectivity index (χ2v) is 16.0. The van der Waals surface area contributed by atoms with Gasteiger partial charge in [0.1, 0.15) is 10.6 Å². The topological polar surface area (TPSA) is 86.7 Å². The van der Waals surface area contributed by atoms with Crippen LogP contribution in [0.5, 0.6) is 5.75 Å². The highest BCUT2D eigenvalue weighted by molar-refractivity contribution is 8.33. The third kappa shape index (κ3) is 5.87. The van der Waals surface area contributed by atoms with Crippen LogP contribution in [0.1, 0.15) is 5.56 Å². The quantitative estimate of drug-likeness (QED) is 0.147. The van der Waals surface area contributed by atoms with Crippen molar-refractivity contribution in [3.8, 4) is 5.75 Å². The number of aryl methyl sites for hydroxylation is 1. The molecule has 0 aliphatic rings. The molecule has 0 unspecified atom stereocenters. The lowest BCUT2D eigenvalue weighted by Crippen LogP contribution is -2.14. The third-order valence-electron chi connectivity index (χ3n) is 7.00. The van der Waals surface area contributed by atoms with Gasteiger partial charge >= 0.3 is 20.2 Å². The minimum atomic E-state index is -4.32. The molecule has 0 saturated heterocycles. The van der Waals surface area contributed by atoms with Crippen LogP contribution in [0, 0.1) is 6.92 Å². The van der Waals surface area contributed by atoms with Crippen LogP contribution >= 0.6 is 10.3 Å². The first-order valence-corrected chi connectivity index (χ1v) is 18.0. The second-order valence-electron chi connectivity index (χ2n) is 10.0. The van der Waals surface area contributed by atoms with E-state index in [1.165, 1.54) is 30.3 Å². The Morgan fingerprint density at radius 3 is 1.41 bits per heavy atom. The Bertz CT molecular complexity index is 2040. The molecule has 222 valence electrons. The van der Waals surface area contributed by atoms with Crippen LogP contribution in [0.15, 0.2) is 176 Å². The van der Waals surface area contributed by atoms with E-state index in [4.69, 9.17) is 7.81 Å². The van der Waals surface area contributed by atoms with Gasteiger partial charge in [-0.2, -0.15) is 16.8 Å². The lowest BCUT2D eigenvalue weighted by Gasteiger charge is -2.39. The van der Waals surface area contributed by atoms with Gasteiger partial charge < -0.3 is 4.18 Å². The van der Waals surface area contributed by atoms with Gasteiger partial charge in [-0.1, -0.05) is 84.4 Å². The van der Waals surface area contributed by atoms with Crippen LogP contribution in [0.25, 0.3) is 10.8 Å². The molecule has 0 fully saturated rings. The molecule has 0 saturated carbocycles. The summed E-state index contributed by atoms with van der Waals surface area (Å²) >= 11 is 0. The standard InChI is InChI=1S/C35H28O6S3/c1-27-17-22-34(23-18-27)43(36,37)40-30-21-19-29-26-35(24-20-28(29)25-30)44(38,39)41-42(31-11-5-2-6-12-31,32-13-7-3-8-14-32)33-15-9-4-10-16-33/h2-26H,1H3. The molecule has 0 atom stereocenters. The van der Waals surface area contributed by atoms with Crippen LogP contribution in [-0.4, -0.2) is 16.8 Å². The summed E-state index contributed by atoms with van der Waals surface area (Å²) in [5.74, 6) is 0.116. The number of hydrogen-bond acceptors (Lipinski definition) is 6. The molecule has 6 nitrogen and oxygen atoms in total. The molecular formula is C35H28O6S3. The first-order valence-electron chi connectivity index (χ1n) is 13.7. The van der Waals surface area contributed by atoms with Crippen molar-refractivity contribution >= 4 is 41.3 Å². The van der Waals surface area contributed by atoms with Crippen molar-refractivity contribution in [2.45, 2.75) is 31.4 Å². The molecule has 6 aromatic rings. The van der Waals surface area contributed by atoms with Gasteiger partial charge in [-0.3, -0.25) is 0 Å². The van der Waals surface area contributed by atoms with E-state index in [2.05, 4.69) is 0 Å². The summed E-state index contributed by atoms with van der Waals surface area (Å²) in [4.78, 5) is 2.23.